The van der Waals surface area contributed by atoms with Gasteiger partial charge in [-0.15, -0.1) is 0 Å². The maximum Gasteiger partial charge on any atom is 0.270 e. The van der Waals surface area contributed by atoms with Gasteiger partial charge in [0.15, 0.2) is 5.13 Å². The molecule has 2 heterocycles. The number of nitrogens with zero attached hydrogens (tertiary/aromatic N) is 3. The predicted molar refractivity (Wildman–Crippen MR) is 115 cm³/mol. The molecule has 0 atom stereocenters. The van der Waals surface area contributed by atoms with Gasteiger partial charge in [0.25, 0.3) is 11.6 Å². The number of nitro groups is 1. The molecule has 0 radical (unpaired) electrons. The van der Waals surface area contributed by atoms with Gasteiger partial charge in [-0.05, 0) is 37.0 Å². The quantitative estimate of drug-likeness (QED) is 0.475. The van der Waals surface area contributed by atoms with E-state index in [9.17, 15) is 14.9 Å². The number of aromatic nitrogens is 1. The standard InChI is InChI=1S/C20H19ClN4O3S/c21-16-6-5-14(25(27)28)11-15(16)19(26)22-12-13-7-9-24(10-8-13)20-23-17-3-1-2-4-18(17)29-20/h1-6,11,13H,7-10,12H2,(H,22,26). The number of anilines is 1. The summed E-state index contributed by atoms with van der Waals surface area (Å²) in [5.41, 5.74) is 1.01. The van der Waals surface area contributed by atoms with Gasteiger partial charge in [-0.25, -0.2) is 4.98 Å². The molecule has 2 aromatic carbocycles. The lowest BCUT2D eigenvalue weighted by Crippen LogP contribution is -2.38. The number of carbonyl (C=O) groups excluding carboxylic acids is 1. The van der Waals surface area contributed by atoms with Crippen LogP contribution in [0.3, 0.4) is 0 Å². The van der Waals surface area contributed by atoms with Crippen LogP contribution < -0.4 is 10.2 Å². The largest absolute Gasteiger partial charge is 0.352 e. The number of carbonyl (C=O) groups is 1. The first-order valence-corrected chi connectivity index (χ1v) is 10.5. The number of fused-ring (bicyclic) bond motifs is 1. The minimum Gasteiger partial charge on any atom is -0.352 e. The van der Waals surface area contributed by atoms with E-state index in [0.29, 0.717) is 12.5 Å². The van der Waals surface area contributed by atoms with Crippen molar-refractivity contribution >= 4 is 49.9 Å². The van der Waals surface area contributed by atoms with Crippen LogP contribution in [0, 0.1) is 16.0 Å². The molecular formula is C20H19ClN4O3S. The molecule has 1 aliphatic heterocycles. The minimum atomic E-state index is -0.537. The Labute approximate surface area is 176 Å². The van der Waals surface area contributed by atoms with Crippen molar-refractivity contribution < 1.29 is 9.72 Å². The number of thiazole rings is 1. The van der Waals surface area contributed by atoms with Crippen LogP contribution in [0.1, 0.15) is 23.2 Å². The van der Waals surface area contributed by atoms with Gasteiger partial charge in [-0.1, -0.05) is 35.1 Å². The van der Waals surface area contributed by atoms with Gasteiger partial charge in [0.2, 0.25) is 0 Å². The van der Waals surface area contributed by atoms with E-state index in [-0.39, 0.29) is 22.2 Å². The van der Waals surface area contributed by atoms with Crippen LogP contribution in [-0.2, 0) is 0 Å². The Morgan fingerprint density at radius 3 is 2.76 bits per heavy atom. The fourth-order valence-electron chi connectivity index (χ4n) is 3.46. The van der Waals surface area contributed by atoms with Gasteiger partial charge in [0.05, 0.1) is 25.7 Å². The lowest BCUT2D eigenvalue weighted by Gasteiger charge is -2.31. The topological polar surface area (TPSA) is 88.4 Å². The summed E-state index contributed by atoms with van der Waals surface area (Å²) < 4.78 is 1.19. The van der Waals surface area contributed by atoms with E-state index in [0.717, 1.165) is 36.6 Å². The maximum atomic E-state index is 12.4. The number of non-ortho nitro benzene ring substituents is 1. The van der Waals surface area contributed by atoms with Gasteiger partial charge < -0.3 is 10.2 Å². The molecule has 1 aliphatic rings. The van der Waals surface area contributed by atoms with Crippen LogP contribution in [-0.4, -0.2) is 35.4 Å². The van der Waals surface area contributed by atoms with Gasteiger partial charge in [-0.2, -0.15) is 0 Å². The highest BCUT2D eigenvalue weighted by Crippen LogP contribution is 2.31. The van der Waals surface area contributed by atoms with Crippen molar-refractivity contribution in [1.82, 2.24) is 10.3 Å². The normalized spacial score (nSPS) is 14.9. The van der Waals surface area contributed by atoms with Gasteiger partial charge in [-0.3, -0.25) is 14.9 Å². The van der Waals surface area contributed by atoms with E-state index in [2.05, 4.69) is 16.3 Å². The van der Waals surface area contributed by atoms with Crippen LogP contribution in [0.15, 0.2) is 42.5 Å². The molecular weight excluding hydrogens is 412 g/mol. The van der Waals surface area contributed by atoms with E-state index in [1.165, 1.54) is 22.9 Å². The number of benzene rings is 2. The van der Waals surface area contributed by atoms with Crippen LogP contribution >= 0.6 is 22.9 Å². The molecule has 0 unspecified atom stereocenters. The van der Waals surface area contributed by atoms with E-state index in [4.69, 9.17) is 16.6 Å². The fourth-order valence-corrected chi connectivity index (χ4v) is 4.68. The van der Waals surface area contributed by atoms with Crippen LogP contribution in [0.2, 0.25) is 5.02 Å². The van der Waals surface area contributed by atoms with Crippen LogP contribution in [0.4, 0.5) is 10.8 Å². The molecule has 0 saturated carbocycles. The fraction of sp³-hybridized carbons (Fsp3) is 0.300. The average Bonchev–Trinajstić information content (AvgIpc) is 3.17. The lowest BCUT2D eigenvalue weighted by atomic mass is 9.97. The SMILES string of the molecule is O=C(NCC1CCN(c2nc3ccccc3s2)CC1)c1cc([N+](=O)[O-])ccc1Cl. The van der Waals surface area contributed by atoms with Crippen molar-refractivity contribution in [2.45, 2.75) is 12.8 Å². The number of piperidine rings is 1. The molecule has 1 saturated heterocycles. The second-order valence-corrected chi connectivity index (χ2v) is 8.44. The van der Waals surface area contributed by atoms with Gasteiger partial charge in [0, 0.05) is 31.8 Å². The third-order valence-corrected chi connectivity index (χ3v) is 6.55. The Morgan fingerprint density at radius 1 is 1.28 bits per heavy atom. The molecule has 1 fully saturated rings. The molecule has 9 heteroatoms. The van der Waals surface area contributed by atoms with Crippen molar-refractivity contribution in [3.05, 3.63) is 63.2 Å². The van der Waals surface area contributed by atoms with Crippen molar-refractivity contribution in [2.24, 2.45) is 5.92 Å². The highest BCUT2D eigenvalue weighted by molar-refractivity contribution is 7.22. The first-order chi connectivity index (χ1) is 14.0. The van der Waals surface area contributed by atoms with Gasteiger partial charge in [0.1, 0.15) is 0 Å². The summed E-state index contributed by atoms with van der Waals surface area (Å²) in [7, 11) is 0. The Morgan fingerprint density at radius 2 is 2.03 bits per heavy atom. The monoisotopic (exact) mass is 430 g/mol. The van der Waals surface area contributed by atoms with Crippen molar-refractivity contribution in [1.29, 1.82) is 0 Å². The number of para-hydroxylation sites is 1. The minimum absolute atomic E-state index is 0.132. The Bertz CT molecular complexity index is 1030. The summed E-state index contributed by atoms with van der Waals surface area (Å²) in [5, 5.41) is 15.0. The van der Waals surface area contributed by atoms with Crippen molar-refractivity contribution in [2.75, 3.05) is 24.5 Å². The molecule has 0 aliphatic carbocycles. The predicted octanol–water partition coefficient (Wildman–Crippen LogP) is 4.50. The zero-order valence-corrected chi connectivity index (χ0v) is 17.1. The molecule has 4 rings (SSSR count). The molecule has 1 N–H and O–H groups in total. The molecule has 0 bridgehead atoms. The summed E-state index contributed by atoms with van der Waals surface area (Å²) >= 11 is 7.74. The summed E-state index contributed by atoms with van der Waals surface area (Å²) in [6, 6.07) is 12.0. The molecule has 150 valence electrons. The first-order valence-electron chi connectivity index (χ1n) is 9.34. The number of amides is 1. The molecule has 7 nitrogen and oxygen atoms in total. The Kier molecular flexibility index (Phi) is 5.64. The number of halogens is 1. The summed E-state index contributed by atoms with van der Waals surface area (Å²) in [5.74, 6) is -0.0330. The molecule has 3 aromatic rings. The zero-order valence-electron chi connectivity index (χ0n) is 15.5. The molecule has 29 heavy (non-hydrogen) atoms. The maximum absolute atomic E-state index is 12.4. The smallest absolute Gasteiger partial charge is 0.270 e. The van der Waals surface area contributed by atoms with E-state index in [1.807, 2.05) is 18.2 Å². The Hall–Kier alpha value is -2.71. The molecule has 1 aromatic heterocycles. The van der Waals surface area contributed by atoms with Crippen molar-refractivity contribution in [3.8, 4) is 0 Å². The third-order valence-electron chi connectivity index (χ3n) is 5.12. The number of rotatable bonds is 5. The molecule has 0 spiro atoms. The van der Waals surface area contributed by atoms with E-state index in [1.54, 1.807) is 11.3 Å². The lowest BCUT2D eigenvalue weighted by molar-refractivity contribution is -0.384. The van der Waals surface area contributed by atoms with Crippen LogP contribution in [0.25, 0.3) is 10.2 Å². The first kappa shape index (κ1) is 19.6. The second-order valence-electron chi connectivity index (χ2n) is 7.03. The number of nitrogens with one attached hydrogen (secondary N) is 1. The summed E-state index contributed by atoms with van der Waals surface area (Å²) in [4.78, 5) is 29.8. The highest BCUT2D eigenvalue weighted by atomic mass is 35.5. The summed E-state index contributed by atoms with van der Waals surface area (Å²) in [6.45, 7) is 2.29. The summed E-state index contributed by atoms with van der Waals surface area (Å²) in [6.07, 6.45) is 1.89. The number of hydrogen-bond acceptors (Lipinski definition) is 6. The van der Waals surface area contributed by atoms with E-state index < -0.39 is 4.92 Å². The number of hydrogen-bond donors (Lipinski definition) is 1. The number of nitro benzene ring substituents is 1. The van der Waals surface area contributed by atoms with E-state index >= 15 is 0 Å². The molecule has 1 amide bonds. The average molecular weight is 431 g/mol. The zero-order chi connectivity index (χ0) is 20.4. The highest BCUT2D eigenvalue weighted by Gasteiger charge is 2.23. The Balaban J connectivity index is 1.32. The third kappa shape index (κ3) is 4.33. The van der Waals surface area contributed by atoms with Gasteiger partial charge >= 0.3 is 0 Å². The van der Waals surface area contributed by atoms with Crippen LogP contribution in [0.5, 0.6) is 0 Å². The second kappa shape index (κ2) is 8.34. The van der Waals surface area contributed by atoms with Crippen molar-refractivity contribution in [3.63, 3.8) is 0 Å².